The van der Waals surface area contributed by atoms with Crippen LogP contribution in [0.1, 0.15) is 32.2 Å². The summed E-state index contributed by atoms with van der Waals surface area (Å²) in [6, 6.07) is 6.48. The van der Waals surface area contributed by atoms with Gasteiger partial charge < -0.3 is 10.2 Å². The second-order valence-electron chi connectivity index (χ2n) is 5.80. The van der Waals surface area contributed by atoms with Crippen molar-refractivity contribution in [3.63, 3.8) is 0 Å². The van der Waals surface area contributed by atoms with Gasteiger partial charge in [-0.15, -0.1) is 0 Å². The molecule has 2 aromatic rings. The van der Waals surface area contributed by atoms with Crippen LogP contribution in [0, 0.1) is 12.7 Å². The number of nitrogens with one attached hydrogen (secondary N) is 1. The Labute approximate surface area is 123 Å². The standard InChI is InChI=1S/C15H19FN4O/c1-9-6-5-7-10(13(9)16)21-12-8-11(20-17)18-14(19-12)15(2,3)4/h5-8H,17H2,1-4H3,(H,18,19,20). The van der Waals surface area contributed by atoms with Gasteiger partial charge >= 0.3 is 0 Å². The zero-order valence-electron chi connectivity index (χ0n) is 12.6. The molecule has 0 fully saturated rings. The van der Waals surface area contributed by atoms with Crippen LogP contribution in [0.5, 0.6) is 11.6 Å². The molecule has 0 unspecified atom stereocenters. The van der Waals surface area contributed by atoms with Crippen molar-refractivity contribution in [2.45, 2.75) is 33.1 Å². The fraction of sp³-hybridized carbons (Fsp3) is 0.333. The number of halogens is 1. The highest BCUT2D eigenvalue weighted by atomic mass is 19.1. The summed E-state index contributed by atoms with van der Waals surface area (Å²) in [5, 5.41) is 0. The van der Waals surface area contributed by atoms with Crippen LogP contribution >= 0.6 is 0 Å². The van der Waals surface area contributed by atoms with E-state index in [1.54, 1.807) is 25.1 Å². The van der Waals surface area contributed by atoms with Gasteiger partial charge in [-0.05, 0) is 18.6 Å². The van der Waals surface area contributed by atoms with Gasteiger partial charge in [0.05, 0.1) is 0 Å². The van der Waals surface area contributed by atoms with Gasteiger partial charge in [-0.3, -0.25) is 0 Å². The molecular weight excluding hydrogens is 271 g/mol. The minimum atomic E-state index is -0.407. The highest BCUT2D eigenvalue weighted by molar-refractivity contribution is 5.40. The lowest BCUT2D eigenvalue weighted by molar-refractivity contribution is 0.416. The topological polar surface area (TPSA) is 73.1 Å². The first-order chi connectivity index (χ1) is 9.81. The Kier molecular flexibility index (Phi) is 4.09. The van der Waals surface area contributed by atoms with E-state index in [0.717, 1.165) is 0 Å². The van der Waals surface area contributed by atoms with Crippen LogP contribution in [0.3, 0.4) is 0 Å². The van der Waals surface area contributed by atoms with Crippen molar-refractivity contribution in [1.29, 1.82) is 0 Å². The smallest absolute Gasteiger partial charge is 0.224 e. The lowest BCUT2D eigenvalue weighted by Crippen LogP contribution is -2.19. The molecule has 0 spiro atoms. The van der Waals surface area contributed by atoms with E-state index in [9.17, 15) is 4.39 Å². The Morgan fingerprint density at radius 3 is 2.57 bits per heavy atom. The van der Waals surface area contributed by atoms with E-state index >= 15 is 0 Å². The normalized spacial score (nSPS) is 11.3. The number of aryl methyl sites for hydroxylation is 1. The van der Waals surface area contributed by atoms with Gasteiger partial charge in [-0.2, -0.15) is 4.98 Å². The second-order valence-corrected chi connectivity index (χ2v) is 5.80. The molecule has 0 aliphatic carbocycles. The summed E-state index contributed by atoms with van der Waals surface area (Å²) < 4.78 is 19.5. The van der Waals surface area contributed by atoms with E-state index < -0.39 is 5.82 Å². The number of hydrogen-bond acceptors (Lipinski definition) is 5. The maximum atomic E-state index is 14.0. The van der Waals surface area contributed by atoms with Crippen LogP contribution in [0.4, 0.5) is 10.2 Å². The van der Waals surface area contributed by atoms with Crippen molar-refractivity contribution in [2.24, 2.45) is 5.84 Å². The summed E-state index contributed by atoms with van der Waals surface area (Å²) in [4.78, 5) is 8.61. The molecule has 0 aliphatic rings. The second kappa shape index (κ2) is 5.65. The average molecular weight is 290 g/mol. The van der Waals surface area contributed by atoms with Gasteiger partial charge in [0.25, 0.3) is 0 Å². The van der Waals surface area contributed by atoms with Gasteiger partial charge in [0.1, 0.15) is 11.6 Å². The van der Waals surface area contributed by atoms with Crippen LogP contribution in [0.25, 0.3) is 0 Å². The third-order valence-corrected chi connectivity index (χ3v) is 2.89. The number of ether oxygens (including phenoxy) is 1. The average Bonchev–Trinajstić information content (AvgIpc) is 2.42. The molecule has 3 N–H and O–H groups in total. The third-order valence-electron chi connectivity index (χ3n) is 2.89. The molecule has 6 heteroatoms. The van der Waals surface area contributed by atoms with Crippen LogP contribution in [-0.2, 0) is 5.41 Å². The Hall–Kier alpha value is -2.21. The molecule has 0 atom stereocenters. The fourth-order valence-electron chi connectivity index (χ4n) is 1.70. The molecular formula is C15H19FN4O. The van der Waals surface area contributed by atoms with Crippen molar-refractivity contribution in [3.05, 3.63) is 41.5 Å². The number of nitrogen functional groups attached to an aromatic ring is 1. The Morgan fingerprint density at radius 1 is 1.24 bits per heavy atom. The molecule has 1 aromatic carbocycles. The number of anilines is 1. The van der Waals surface area contributed by atoms with E-state index in [-0.39, 0.29) is 17.0 Å². The molecule has 2 rings (SSSR count). The maximum Gasteiger partial charge on any atom is 0.224 e. The minimum Gasteiger partial charge on any atom is -0.436 e. The van der Waals surface area contributed by atoms with Gasteiger partial charge in [-0.1, -0.05) is 32.9 Å². The number of benzene rings is 1. The van der Waals surface area contributed by atoms with Gasteiger partial charge in [0.15, 0.2) is 11.6 Å². The molecule has 0 bridgehead atoms. The summed E-state index contributed by atoms with van der Waals surface area (Å²) in [5.41, 5.74) is 2.69. The van der Waals surface area contributed by atoms with Crippen LogP contribution < -0.4 is 16.0 Å². The minimum absolute atomic E-state index is 0.122. The Balaban J connectivity index is 2.42. The predicted octanol–water partition coefficient (Wildman–Crippen LogP) is 3.30. The van der Waals surface area contributed by atoms with Crippen molar-refractivity contribution in [3.8, 4) is 11.6 Å². The Bertz CT molecular complexity index is 653. The molecule has 0 amide bonds. The first-order valence-corrected chi connectivity index (χ1v) is 6.60. The third kappa shape index (κ3) is 3.46. The molecule has 21 heavy (non-hydrogen) atoms. The molecule has 0 aliphatic heterocycles. The number of aromatic nitrogens is 2. The van der Waals surface area contributed by atoms with Crippen molar-refractivity contribution < 1.29 is 9.13 Å². The summed E-state index contributed by atoms with van der Waals surface area (Å²) in [6.45, 7) is 7.59. The molecule has 1 aromatic heterocycles. The quantitative estimate of drug-likeness (QED) is 0.670. The van der Waals surface area contributed by atoms with Crippen LogP contribution in [0.2, 0.25) is 0 Å². The summed E-state index contributed by atoms with van der Waals surface area (Å²) in [5.74, 6) is 6.34. The fourth-order valence-corrected chi connectivity index (χ4v) is 1.70. The summed E-state index contributed by atoms with van der Waals surface area (Å²) in [7, 11) is 0. The largest absolute Gasteiger partial charge is 0.436 e. The molecule has 0 saturated carbocycles. The predicted molar refractivity (Wildman–Crippen MR) is 79.8 cm³/mol. The van der Waals surface area contributed by atoms with Gasteiger partial charge in [0, 0.05) is 11.5 Å². The number of nitrogens with zero attached hydrogens (tertiary/aromatic N) is 2. The summed E-state index contributed by atoms with van der Waals surface area (Å²) in [6.07, 6.45) is 0. The highest BCUT2D eigenvalue weighted by Gasteiger charge is 2.20. The SMILES string of the molecule is Cc1cccc(Oc2cc(NN)nc(C(C)(C)C)n2)c1F. The van der Waals surface area contributed by atoms with Crippen LogP contribution in [-0.4, -0.2) is 9.97 Å². The Morgan fingerprint density at radius 2 is 1.95 bits per heavy atom. The lowest BCUT2D eigenvalue weighted by Gasteiger charge is -2.18. The first kappa shape index (κ1) is 15.2. The van der Waals surface area contributed by atoms with E-state index in [1.165, 1.54) is 6.07 Å². The van der Waals surface area contributed by atoms with Crippen molar-refractivity contribution >= 4 is 5.82 Å². The molecule has 5 nitrogen and oxygen atoms in total. The summed E-state index contributed by atoms with van der Waals surface area (Å²) >= 11 is 0. The molecule has 1 heterocycles. The van der Waals surface area contributed by atoms with Crippen molar-refractivity contribution in [1.82, 2.24) is 9.97 Å². The molecule has 112 valence electrons. The zero-order chi connectivity index (χ0) is 15.6. The number of rotatable bonds is 3. The highest BCUT2D eigenvalue weighted by Crippen LogP contribution is 2.28. The lowest BCUT2D eigenvalue weighted by atomic mass is 9.96. The first-order valence-electron chi connectivity index (χ1n) is 6.60. The molecule has 0 saturated heterocycles. The van der Waals surface area contributed by atoms with E-state index in [1.807, 2.05) is 20.8 Å². The maximum absolute atomic E-state index is 14.0. The molecule has 0 radical (unpaired) electrons. The van der Waals surface area contributed by atoms with Gasteiger partial charge in [0.2, 0.25) is 5.88 Å². The zero-order valence-corrected chi connectivity index (χ0v) is 12.6. The van der Waals surface area contributed by atoms with E-state index in [0.29, 0.717) is 17.2 Å². The van der Waals surface area contributed by atoms with E-state index in [2.05, 4.69) is 15.4 Å². The monoisotopic (exact) mass is 290 g/mol. The van der Waals surface area contributed by atoms with Crippen molar-refractivity contribution in [2.75, 3.05) is 5.43 Å². The van der Waals surface area contributed by atoms with Crippen LogP contribution in [0.15, 0.2) is 24.3 Å². The van der Waals surface area contributed by atoms with E-state index in [4.69, 9.17) is 10.6 Å². The number of hydrogen-bond donors (Lipinski definition) is 2. The number of hydrazine groups is 1. The van der Waals surface area contributed by atoms with Gasteiger partial charge in [-0.25, -0.2) is 15.2 Å². The number of nitrogens with two attached hydrogens (primary N) is 1.